The van der Waals surface area contributed by atoms with Crippen LogP contribution in [-0.2, 0) is 17.8 Å². The zero-order valence-corrected chi connectivity index (χ0v) is 12.1. The van der Waals surface area contributed by atoms with Gasteiger partial charge in [-0.3, -0.25) is 4.79 Å². The van der Waals surface area contributed by atoms with Gasteiger partial charge >= 0.3 is 5.97 Å². The van der Waals surface area contributed by atoms with Crippen LogP contribution in [0.3, 0.4) is 0 Å². The highest BCUT2D eigenvalue weighted by molar-refractivity contribution is 7.15. The van der Waals surface area contributed by atoms with Crippen molar-refractivity contribution in [3.63, 3.8) is 0 Å². The fourth-order valence-corrected chi connectivity index (χ4v) is 4.10. The lowest BCUT2D eigenvalue weighted by Gasteiger charge is -2.15. The summed E-state index contributed by atoms with van der Waals surface area (Å²) in [5.41, 5.74) is 2.04. The Morgan fingerprint density at radius 3 is 3.16 bits per heavy atom. The van der Waals surface area contributed by atoms with Crippen LogP contribution < -0.4 is 4.90 Å². The molecule has 4 nitrogen and oxygen atoms in total. The van der Waals surface area contributed by atoms with E-state index in [9.17, 15) is 4.79 Å². The molecule has 0 amide bonds. The van der Waals surface area contributed by atoms with Crippen molar-refractivity contribution in [1.29, 1.82) is 0 Å². The van der Waals surface area contributed by atoms with Gasteiger partial charge in [-0.2, -0.15) is 11.3 Å². The first-order chi connectivity index (χ1) is 9.15. The van der Waals surface area contributed by atoms with E-state index in [0.29, 0.717) is 6.42 Å². The molecule has 2 heterocycles. The van der Waals surface area contributed by atoms with Crippen molar-refractivity contribution in [2.24, 2.45) is 0 Å². The minimum absolute atomic E-state index is 0.408. The second kappa shape index (κ2) is 4.94. The molecule has 0 radical (unpaired) electrons. The zero-order chi connectivity index (χ0) is 13.4. The van der Waals surface area contributed by atoms with Gasteiger partial charge in [0, 0.05) is 18.5 Å². The van der Waals surface area contributed by atoms with Gasteiger partial charge < -0.3 is 10.0 Å². The largest absolute Gasteiger partial charge is 0.481 e. The van der Waals surface area contributed by atoms with Crippen LogP contribution in [0.25, 0.3) is 0 Å². The molecular weight excluding hydrogens is 280 g/mol. The van der Waals surface area contributed by atoms with Gasteiger partial charge in [0.2, 0.25) is 0 Å². The Bertz CT molecular complexity index is 592. The van der Waals surface area contributed by atoms with Crippen molar-refractivity contribution >= 4 is 33.8 Å². The van der Waals surface area contributed by atoms with Crippen LogP contribution in [0.2, 0.25) is 0 Å². The van der Waals surface area contributed by atoms with E-state index in [2.05, 4.69) is 26.7 Å². The summed E-state index contributed by atoms with van der Waals surface area (Å²) in [7, 11) is 2.00. The quantitative estimate of drug-likeness (QED) is 0.942. The summed E-state index contributed by atoms with van der Waals surface area (Å²) in [5, 5.41) is 14.3. The van der Waals surface area contributed by atoms with Crippen LogP contribution in [0.15, 0.2) is 16.8 Å². The number of carbonyl (C=O) groups is 1. The average Bonchev–Trinajstić information content (AvgIpc) is 3.02. The van der Waals surface area contributed by atoms with Gasteiger partial charge in [0.25, 0.3) is 0 Å². The molecule has 0 aliphatic heterocycles. The molecule has 100 valence electrons. The monoisotopic (exact) mass is 294 g/mol. The van der Waals surface area contributed by atoms with E-state index in [4.69, 9.17) is 5.11 Å². The number of thiazole rings is 1. The number of aryl methyl sites for hydroxylation is 1. The second-order valence-corrected chi connectivity index (χ2v) is 6.56. The first kappa shape index (κ1) is 12.6. The molecule has 0 fully saturated rings. The number of anilines is 1. The van der Waals surface area contributed by atoms with Crippen LogP contribution in [0, 0.1) is 0 Å². The summed E-state index contributed by atoms with van der Waals surface area (Å²) in [4.78, 5) is 18.9. The van der Waals surface area contributed by atoms with E-state index in [-0.39, 0.29) is 0 Å². The maximum absolute atomic E-state index is 11.2. The Balaban J connectivity index is 1.80. The Hall–Kier alpha value is -1.40. The molecular formula is C13H14N2O2S2. The van der Waals surface area contributed by atoms with Crippen LogP contribution in [0.5, 0.6) is 0 Å². The highest BCUT2D eigenvalue weighted by Gasteiger charge is 2.32. The van der Waals surface area contributed by atoms with Gasteiger partial charge in [-0.05, 0) is 35.2 Å². The van der Waals surface area contributed by atoms with Gasteiger partial charge in [-0.25, -0.2) is 4.98 Å². The molecule has 0 bridgehead atoms. The summed E-state index contributed by atoms with van der Waals surface area (Å²) >= 11 is 3.31. The molecule has 19 heavy (non-hydrogen) atoms. The molecule has 1 N–H and O–H groups in total. The number of aliphatic carboxylic acids is 1. The highest BCUT2D eigenvalue weighted by atomic mass is 32.1. The Morgan fingerprint density at radius 2 is 2.47 bits per heavy atom. The van der Waals surface area contributed by atoms with Crippen LogP contribution in [0.4, 0.5) is 5.13 Å². The molecule has 6 heteroatoms. The molecule has 2 aromatic heterocycles. The molecule has 1 aliphatic rings. The molecule has 0 saturated carbocycles. The number of carboxylic acid groups (broad SMARTS) is 1. The van der Waals surface area contributed by atoms with Gasteiger partial charge in [-0.1, -0.05) is 0 Å². The number of thiophene rings is 1. The van der Waals surface area contributed by atoms with Crippen LogP contribution in [-0.4, -0.2) is 23.1 Å². The van der Waals surface area contributed by atoms with Crippen LogP contribution in [0.1, 0.15) is 28.5 Å². The Kier molecular flexibility index (Phi) is 3.28. The predicted molar refractivity (Wildman–Crippen MR) is 77.2 cm³/mol. The third-order valence-electron chi connectivity index (χ3n) is 3.33. The van der Waals surface area contributed by atoms with Gasteiger partial charge in [0.15, 0.2) is 5.13 Å². The summed E-state index contributed by atoms with van der Waals surface area (Å²) in [6, 6.07) is 2.10. The fourth-order valence-electron chi connectivity index (χ4n) is 2.34. The van der Waals surface area contributed by atoms with E-state index >= 15 is 0 Å². The molecule has 1 aliphatic carbocycles. The third-order valence-corrected chi connectivity index (χ3v) is 5.31. The van der Waals surface area contributed by atoms with Gasteiger partial charge in [-0.15, -0.1) is 11.3 Å². The molecule has 1 atom stereocenters. The number of carboxylic acids is 1. The maximum Gasteiger partial charge on any atom is 0.312 e. The second-order valence-electron chi connectivity index (χ2n) is 4.72. The smallest absolute Gasteiger partial charge is 0.312 e. The zero-order valence-electron chi connectivity index (χ0n) is 10.5. The van der Waals surface area contributed by atoms with E-state index in [1.54, 1.807) is 22.7 Å². The summed E-state index contributed by atoms with van der Waals surface area (Å²) in [6.45, 7) is 0.813. The van der Waals surface area contributed by atoms with Crippen molar-refractivity contribution < 1.29 is 9.90 Å². The van der Waals surface area contributed by atoms with E-state index in [1.807, 2.05) is 7.05 Å². The number of hydrogen-bond acceptors (Lipinski definition) is 5. The SMILES string of the molecule is CN(Cc1ccsc1)c1nc2c(s1)CCC2C(=O)O. The molecule has 0 spiro atoms. The van der Waals surface area contributed by atoms with Crippen molar-refractivity contribution in [3.05, 3.63) is 33.0 Å². The van der Waals surface area contributed by atoms with Gasteiger partial charge in [0.1, 0.15) is 5.92 Å². The van der Waals surface area contributed by atoms with Gasteiger partial charge in [0.05, 0.1) is 5.69 Å². The number of aromatic nitrogens is 1. The fraction of sp³-hybridized carbons (Fsp3) is 0.385. The van der Waals surface area contributed by atoms with E-state index in [1.165, 1.54) is 5.56 Å². The highest BCUT2D eigenvalue weighted by Crippen LogP contribution is 2.39. The standard InChI is InChI=1S/C13H14N2O2S2/c1-15(6-8-4-5-18-7-8)13-14-11-9(12(16)17)2-3-10(11)19-13/h4-5,7,9H,2-3,6H2,1H3,(H,16,17). The van der Waals surface area contributed by atoms with E-state index in [0.717, 1.165) is 28.7 Å². The minimum Gasteiger partial charge on any atom is -0.481 e. The van der Waals surface area contributed by atoms with Crippen molar-refractivity contribution in [2.45, 2.75) is 25.3 Å². The third kappa shape index (κ3) is 2.37. The lowest BCUT2D eigenvalue weighted by molar-refractivity contribution is -0.138. The number of nitrogens with zero attached hydrogens (tertiary/aromatic N) is 2. The number of rotatable bonds is 4. The lowest BCUT2D eigenvalue weighted by Crippen LogP contribution is -2.16. The summed E-state index contributed by atoms with van der Waals surface area (Å²) in [5.74, 6) is -1.16. The molecule has 0 aromatic carbocycles. The number of fused-ring (bicyclic) bond motifs is 1. The Labute approximate surface area is 119 Å². The molecule has 1 unspecified atom stereocenters. The summed E-state index contributed by atoms with van der Waals surface area (Å²) < 4.78 is 0. The number of hydrogen-bond donors (Lipinski definition) is 1. The molecule has 3 rings (SSSR count). The molecule has 2 aromatic rings. The van der Waals surface area contributed by atoms with Crippen LogP contribution >= 0.6 is 22.7 Å². The van der Waals surface area contributed by atoms with Crippen molar-refractivity contribution in [1.82, 2.24) is 4.98 Å². The normalized spacial score (nSPS) is 17.4. The first-order valence-electron chi connectivity index (χ1n) is 6.10. The van der Waals surface area contributed by atoms with Crippen molar-refractivity contribution in [2.75, 3.05) is 11.9 Å². The molecule has 0 saturated heterocycles. The Morgan fingerprint density at radius 1 is 1.63 bits per heavy atom. The first-order valence-corrected chi connectivity index (χ1v) is 7.85. The minimum atomic E-state index is -0.754. The predicted octanol–water partition coefficient (Wildman–Crippen LogP) is 2.96. The maximum atomic E-state index is 11.2. The van der Waals surface area contributed by atoms with Crippen molar-refractivity contribution in [3.8, 4) is 0 Å². The average molecular weight is 294 g/mol. The topological polar surface area (TPSA) is 53.4 Å². The summed E-state index contributed by atoms with van der Waals surface area (Å²) in [6.07, 6.45) is 1.54. The van der Waals surface area contributed by atoms with E-state index < -0.39 is 11.9 Å². The lowest BCUT2D eigenvalue weighted by atomic mass is 10.1.